The van der Waals surface area contributed by atoms with E-state index in [0.717, 1.165) is 4.57 Å². The molecular weight excluding hydrogens is 322 g/mol. The van der Waals surface area contributed by atoms with Gasteiger partial charge in [-0.1, -0.05) is 42.5 Å². The molecule has 3 rings (SSSR count). The van der Waals surface area contributed by atoms with Gasteiger partial charge in [0, 0.05) is 5.56 Å². The van der Waals surface area contributed by atoms with E-state index in [9.17, 15) is 14.4 Å². The minimum Gasteiger partial charge on any atom is -0.446 e. The van der Waals surface area contributed by atoms with Gasteiger partial charge in [-0.25, -0.2) is 4.98 Å². The number of carbonyl (C=O) groups is 2. The maximum Gasteiger partial charge on any atom is 0.327 e. The maximum absolute atomic E-state index is 12.4. The van der Waals surface area contributed by atoms with Crippen LogP contribution in [-0.2, 0) is 20.9 Å². The predicted molar refractivity (Wildman–Crippen MR) is 90.5 cm³/mol. The van der Waals surface area contributed by atoms with E-state index in [4.69, 9.17) is 10.5 Å². The molecule has 1 atom stereocenters. The number of esters is 1. The molecule has 7 nitrogen and oxygen atoms in total. The average Bonchev–Trinajstić information content (AvgIpc) is 2.63. The van der Waals surface area contributed by atoms with Gasteiger partial charge >= 0.3 is 5.97 Å². The van der Waals surface area contributed by atoms with Gasteiger partial charge in [0.15, 0.2) is 0 Å². The SMILES string of the molecule is NC(=O)[C@@H](OC(=O)Cn1cnc2ccccc2c1=O)c1ccccc1. The van der Waals surface area contributed by atoms with E-state index in [2.05, 4.69) is 4.98 Å². The van der Waals surface area contributed by atoms with Crippen LogP contribution in [0.1, 0.15) is 11.7 Å². The summed E-state index contributed by atoms with van der Waals surface area (Å²) in [5.41, 5.74) is 5.96. The third-order valence-corrected chi connectivity index (χ3v) is 3.64. The molecule has 1 amide bonds. The highest BCUT2D eigenvalue weighted by Gasteiger charge is 2.22. The zero-order valence-corrected chi connectivity index (χ0v) is 13.2. The molecule has 1 heterocycles. The minimum atomic E-state index is -1.21. The Bertz CT molecular complexity index is 982. The van der Waals surface area contributed by atoms with E-state index in [-0.39, 0.29) is 12.1 Å². The van der Waals surface area contributed by atoms with Crippen LogP contribution in [0.2, 0.25) is 0 Å². The molecule has 126 valence electrons. The normalized spacial score (nSPS) is 11.8. The molecule has 3 aromatic rings. The number of amides is 1. The number of hydrogen-bond donors (Lipinski definition) is 1. The third kappa shape index (κ3) is 3.55. The Morgan fingerprint density at radius 1 is 1.08 bits per heavy atom. The Kier molecular flexibility index (Phi) is 4.56. The van der Waals surface area contributed by atoms with E-state index in [1.807, 2.05) is 0 Å². The molecule has 25 heavy (non-hydrogen) atoms. The van der Waals surface area contributed by atoms with E-state index in [0.29, 0.717) is 16.5 Å². The molecule has 0 bridgehead atoms. The number of ether oxygens (including phenoxy) is 1. The molecule has 0 spiro atoms. The van der Waals surface area contributed by atoms with E-state index < -0.39 is 18.0 Å². The summed E-state index contributed by atoms with van der Waals surface area (Å²) in [5.74, 6) is -1.55. The summed E-state index contributed by atoms with van der Waals surface area (Å²) in [6.07, 6.45) is 0.0612. The maximum atomic E-state index is 12.4. The zero-order chi connectivity index (χ0) is 17.8. The number of benzene rings is 2. The largest absolute Gasteiger partial charge is 0.446 e. The molecule has 7 heteroatoms. The van der Waals surface area contributed by atoms with Crippen molar-refractivity contribution >= 4 is 22.8 Å². The first-order valence-electron chi connectivity index (χ1n) is 7.54. The number of nitrogens with zero attached hydrogens (tertiary/aromatic N) is 2. The van der Waals surface area contributed by atoms with Crippen LogP contribution in [0.15, 0.2) is 65.7 Å². The minimum absolute atomic E-state index is 0.363. The van der Waals surface area contributed by atoms with Crippen LogP contribution in [0.4, 0.5) is 0 Å². The number of nitrogens with two attached hydrogens (primary N) is 1. The molecule has 0 aliphatic rings. The number of carbonyl (C=O) groups excluding carboxylic acids is 2. The molecule has 1 aromatic heterocycles. The lowest BCUT2D eigenvalue weighted by molar-refractivity contribution is -0.156. The summed E-state index contributed by atoms with van der Waals surface area (Å²) in [6, 6.07) is 15.3. The number of para-hydroxylation sites is 1. The zero-order valence-electron chi connectivity index (χ0n) is 13.2. The first-order valence-corrected chi connectivity index (χ1v) is 7.54. The van der Waals surface area contributed by atoms with Gasteiger partial charge in [-0.05, 0) is 12.1 Å². The quantitative estimate of drug-likeness (QED) is 0.704. The van der Waals surface area contributed by atoms with Crippen molar-refractivity contribution < 1.29 is 14.3 Å². The average molecular weight is 337 g/mol. The first kappa shape index (κ1) is 16.4. The third-order valence-electron chi connectivity index (χ3n) is 3.64. The Balaban J connectivity index is 1.81. The summed E-state index contributed by atoms with van der Waals surface area (Å²) >= 11 is 0. The molecule has 0 fully saturated rings. The van der Waals surface area contributed by atoms with Gasteiger partial charge in [-0.2, -0.15) is 0 Å². The van der Waals surface area contributed by atoms with Crippen molar-refractivity contribution in [1.82, 2.24) is 9.55 Å². The van der Waals surface area contributed by atoms with Crippen LogP contribution < -0.4 is 11.3 Å². The van der Waals surface area contributed by atoms with Crippen LogP contribution >= 0.6 is 0 Å². The Labute approximate surface area is 142 Å². The van der Waals surface area contributed by atoms with Crippen molar-refractivity contribution in [2.75, 3.05) is 0 Å². The molecule has 2 N–H and O–H groups in total. The van der Waals surface area contributed by atoms with Gasteiger partial charge in [-0.3, -0.25) is 19.0 Å². The van der Waals surface area contributed by atoms with Crippen molar-refractivity contribution in [3.05, 3.63) is 76.8 Å². The molecule has 0 unspecified atom stereocenters. The van der Waals surface area contributed by atoms with E-state index in [1.165, 1.54) is 6.33 Å². The topological polar surface area (TPSA) is 104 Å². The number of hydrogen-bond acceptors (Lipinski definition) is 5. The predicted octanol–water partition coefficient (Wildman–Crippen LogP) is 1.17. The van der Waals surface area contributed by atoms with Crippen LogP contribution in [0.3, 0.4) is 0 Å². The standard InChI is InChI=1S/C18H15N3O4/c19-17(23)16(12-6-2-1-3-7-12)25-15(22)10-21-11-20-14-9-5-4-8-13(14)18(21)24/h1-9,11,16H,10H2,(H2,19,23)/t16-/m0/s1. The second kappa shape index (κ2) is 6.96. The summed E-state index contributed by atoms with van der Waals surface area (Å²) in [5, 5.41) is 0.396. The molecular formula is C18H15N3O4. The Morgan fingerprint density at radius 3 is 2.48 bits per heavy atom. The van der Waals surface area contributed by atoms with E-state index in [1.54, 1.807) is 54.6 Å². The molecule has 0 saturated heterocycles. The Morgan fingerprint density at radius 2 is 1.76 bits per heavy atom. The summed E-state index contributed by atoms with van der Waals surface area (Å²) in [4.78, 5) is 40.3. The van der Waals surface area contributed by atoms with E-state index >= 15 is 0 Å². The van der Waals surface area contributed by atoms with Crippen molar-refractivity contribution in [1.29, 1.82) is 0 Å². The van der Waals surface area contributed by atoms with Crippen LogP contribution in [0, 0.1) is 0 Å². The highest BCUT2D eigenvalue weighted by molar-refractivity contribution is 5.83. The number of aromatic nitrogens is 2. The van der Waals surface area contributed by atoms with Crippen molar-refractivity contribution in [3.63, 3.8) is 0 Å². The lowest BCUT2D eigenvalue weighted by Gasteiger charge is -2.15. The van der Waals surface area contributed by atoms with Gasteiger partial charge in [0.1, 0.15) is 6.54 Å². The number of fused-ring (bicyclic) bond motifs is 1. The summed E-state index contributed by atoms with van der Waals surface area (Å²) < 4.78 is 6.30. The monoisotopic (exact) mass is 337 g/mol. The van der Waals surface area contributed by atoms with Crippen molar-refractivity contribution in [2.45, 2.75) is 12.6 Å². The van der Waals surface area contributed by atoms with Crippen LogP contribution in [-0.4, -0.2) is 21.4 Å². The highest BCUT2D eigenvalue weighted by Crippen LogP contribution is 2.17. The lowest BCUT2D eigenvalue weighted by atomic mass is 10.1. The fraction of sp³-hybridized carbons (Fsp3) is 0.111. The van der Waals surface area contributed by atoms with Gasteiger partial charge < -0.3 is 10.5 Å². The molecule has 0 radical (unpaired) electrons. The number of rotatable bonds is 5. The fourth-order valence-electron chi connectivity index (χ4n) is 2.44. The second-order valence-electron chi connectivity index (χ2n) is 5.38. The van der Waals surface area contributed by atoms with Crippen molar-refractivity contribution in [3.8, 4) is 0 Å². The molecule has 2 aromatic carbocycles. The van der Waals surface area contributed by atoms with Crippen molar-refractivity contribution in [2.24, 2.45) is 5.73 Å². The summed E-state index contributed by atoms with van der Waals surface area (Å²) in [6.45, 7) is -0.368. The molecule has 0 aliphatic heterocycles. The Hall–Kier alpha value is -3.48. The fourth-order valence-corrected chi connectivity index (χ4v) is 2.44. The van der Waals surface area contributed by atoms with Gasteiger partial charge in [-0.15, -0.1) is 0 Å². The first-order chi connectivity index (χ1) is 12.1. The van der Waals surface area contributed by atoms with Gasteiger partial charge in [0.25, 0.3) is 11.5 Å². The molecule has 0 saturated carbocycles. The van der Waals surface area contributed by atoms with Crippen LogP contribution in [0.25, 0.3) is 10.9 Å². The highest BCUT2D eigenvalue weighted by atomic mass is 16.5. The molecule has 0 aliphatic carbocycles. The smallest absolute Gasteiger partial charge is 0.327 e. The van der Waals surface area contributed by atoms with Crippen LogP contribution in [0.5, 0.6) is 0 Å². The summed E-state index contributed by atoms with van der Waals surface area (Å²) in [7, 11) is 0. The lowest BCUT2D eigenvalue weighted by Crippen LogP contribution is -2.30. The van der Waals surface area contributed by atoms with Gasteiger partial charge in [0.2, 0.25) is 6.10 Å². The van der Waals surface area contributed by atoms with Gasteiger partial charge in [0.05, 0.1) is 17.2 Å². The number of primary amides is 1. The second-order valence-corrected chi connectivity index (χ2v) is 5.38.